The lowest BCUT2D eigenvalue weighted by Crippen LogP contribution is -2.30. The first-order valence-electron chi connectivity index (χ1n) is 6.88. The van der Waals surface area contributed by atoms with Crippen LogP contribution in [0.5, 0.6) is 11.5 Å². The molecule has 0 saturated heterocycles. The number of aliphatic hydroxyl groups excluding tert-OH is 1. The van der Waals surface area contributed by atoms with Gasteiger partial charge in [0.05, 0.1) is 6.26 Å². The summed E-state index contributed by atoms with van der Waals surface area (Å²) in [5.74, 6) is 1.75. The predicted octanol–water partition coefficient (Wildman–Crippen LogP) is 2.25. The molecule has 7 nitrogen and oxygen atoms in total. The topological polar surface area (TPSA) is 93.0 Å². The van der Waals surface area contributed by atoms with Gasteiger partial charge in [-0.1, -0.05) is 0 Å². The molecule has 2 aromatic rings. The third-order valence-corrected chi connectivity index (χ3v) is 3.21. The minimum absolute atomic E-state index is 0.190. The Hall–Kier alpha value is -2.67. The van der Waals surface area contributed by atoms with Crippen molar-refractivity contribution in [1.29, 1.82) is 0 Å². The maximum Gasteiger partial charge on any atom is 0.319 e. The minimum Gasteiger partial charge on any atom is -0.467 e. The zero-order chi connectivity index (χ0) is 15.4. The number of carbonyl (C=O) groups is 1. The molecule has 2 heterocycles. The van der Waals surface area contributed by atoms with Crippen molar-refractivity contribution in [3.05, 3.63) is 42.4 Å². The van der Waals surface area contributed by atoms with Gasteiger partial charge in [0, 0.05) is 18.3 Å². The monoisotopic (exact) mass is 304 g/mol. The van der Waals surface area contributed by atoms with Gasteiger partial charge in [0.25, 0.3) is 0 Å². The highest BCUT2D eigenvalue weighted by Gasteiger charge is 2.14. The molecule has 1 aliphatic heterocycles. The standard InChI is InChI=1S/C15H16N2O5/c18-11(12-2-1-7-20-12)5-6-16-15(19)17-10-3-4-13-14(8-10)22-9-21-13/h1-4,7-8,11,18H,5-6,9H2,(H2,16,17,19)/t11-/m0/s1. The number of furan rings is 1. The number of anilines is 1. The molecular formula is C15H16N2O5. The van der Waals surface area contributed by atoms with Crippen molar-refractivity contribution in [2.45, 2.75) is 12.5 Å². The van der Waals surface area contributed by atoms with Crippen molar-refractivity contribution in [3.8, 4) is 11.5 Å². The highest BCUT2D eigenvalue weighted by molar-refractivity contribution is 5.89. The van der Waals surface area contributed by atoms with Gasteiger partial charge in [-0.05, 0) is 30.7 Å². The number of hydrogen-bond acceptors (Lipinski definition) is 5. The summed E-state index contributed by atoms with van der Waals surface area (Å²) in [6.45, 7) is 0.508. The summed E-state index contributed by atoms with van der Waals surface area (Å²) in [4.78, 5) is 11.8. The van der Waals surface area contributed by atoms with E-state index in [0.29, 0.717) is 35.9 Å². The number of aliphatic hydroxyl groups is 1. The molecule has 3 N–H and O–H groups in total. The first-order valence-corrected chi connectivity index (χ1v) is 6.88. The zero-order valence-electron chi connectivity index (χ0n) is 11.7. The zero-order valence-corrected chi connectivity index (χ0v) is 11.7. The van der Waals surface area contributed by atoms with Gasteiger partial charge in [0.1, 0.15) is 11.9 Å². The van der Waals surface area contributed by atoms with Gasteiger partial charge in [-0.25, -0.2) is 4.79 Å². The molecule has 0 saturated carbocycles. The molecule has 1 atom stereocenters. The van der Waals surface area contributed by atoms with Crippen LogP contribution in [-0.2, 0) is 0 Å². The van der Waals surface area contributed by atoms with Crippen molar-refractivity contribution in [1.82, 2.24) is 5.32 Å². The molecule has 0 aliphatic carbocycles. The van der Waals surface area contributed by atoms with Gasteiger partial charge >= 0.3 is 6.03 Å². The Morgan fingerprint density at radius 3 is 2.95 bits per heavy atom. The van der Waals surface area contributed by atoms with Crippen LogP contribution in [0.15, 0.2) is 41.0 Å². The van der Waals surface area contributed by atoms with Crippen LogP contribution in [0.1, 0.15) is 18.3 Å². The predicted molar refractivity (Wildman–Crippen MR) is 77.9 cm³/mol. The van der Waals surface area contributed by atoms with E-state index in [9.17, 15) is 9.90 Å². The summed E-state index contributed by atoms with van der Waals surface area (Å²) in [7, 11) is 0. The maximum absolute atomic E-state index is 11.8. The van der Waals surface area contributed by atoms with Crippen molar-refractivity contribution in [3.63, 3.8) is 0 Å². The molecule has 0 spiro atoms. The number of benzene rings is 1. The maximum atomic E-state index is 11.8. The molecule has 0 unspecified atom stereocenters. The lowest BCUT2D eigenvalue weighted by molar-refractivity contribution is 0.140. The highest BCUT2D eigenvalue weighted by atomic mass is 16.7. The fraction of sp³-hybridized carbons (Fsp3) is 0.267. The SMILES string of the molecule is O=C(NCC[C@H](O)c1ccco1)Nc1ccc2c(c1)OCO2. The summed E-state index contributed by atoms with van der Waals surface area (Å²) in [6.07, 6.45) is 1.13. The lowest BCUT2D eigenvalue weighted by atomic mass is 10.2. The summed E-state index contributed by atoms with van der Waals surface area (Å²) in [5, 5.41) is 15.2. The van der Waals surface area contributed by atoms with Crippen LogP contribution < -0.4 is 20.1 Å². The van der Waals surface area contributed by atoms with Gasteiger partial charge in [-0.3, -0.25) is 0 Å². The van der Waals surface area contributed by atoms with E-state index in [-0.39, 0.29) is 12.8 Å². The molecule has 22 heavy (non-hydrogen) atoms. The fourth-order valence-corrected chi connectivity index (χ4v) is 2.10. The van der Waals surface area contributed by atoms with Crippen LogP contribution in [-0.4, -0.2) is 24.5 Å². The molecule has 2 amide bonds. The molecule has 0 fully saturated rings. The summed E-state index contributed by atoms with van der Waals surface area (Å²) >= 11 is 0. The van der Waals surface area contributed by atoms with Crippen LogP contribution in [0.2, 0.25) is 0 Å². The molecule has 0 bridgehead atoms. The Kier molecular flexibility index (Phi) is 4.15. The Morgan fingerprint density at radius 2 is 2.14 bits per heavy atom. The van der Waals surface area contributed by atoms with Gasteiger partial charge < -0.3 is 29.6 Å². The number of hydrogen-bond donors (Lipinski definition) is 3. The van der Waals surface area contributed by atoms with Gasteiger partial charge in [-0.15, -0.1) is 0 Å². The van der Waals surface area contributed by atoms with Crippen LogP contribution >= 0.6 is 0 Å². The molecular weight excluding hydrogens is 288 g/mol. The summed E-state index contributed by atoms with van der Waals surface area (Å²) in [6, 6.07) is 8.20. The van der Waals surface area contributed by atoms with E-state index in [2.05, 4.69) is 10.6 Å². The van der Waals surface area contributed by atoms with Crippen LogP contribution in [0.25, 0.3) is 0 Å². The summed E-state index contributed by atoms with van der Waals surface area (Å²) < 4.78 is 15.5. The largest absolute Gasteiger partial charge is 0.467 e. The van der Waals surface area contributed by atoms with Gasteiger partial charge in [0.2, 0.25) is 6.79 Å². The molecule has 0 radical (unpaired) electrons. The molecule has 1 aliphatic rings. The van der Waals surface area contributed by atoms with E-state index in [1.165, 1.54) is 6.26 Å². The Morgan fingerprint density at radius 1 is 1.27 bits per heavy atom. The number of rotatable bonds is 5. The van der Waals surface area contributed by atoms with E-state index in [4.69, 9.17) is 13.9 Å². The number of amides is 2. The fourth-order valence-electron chi connectivity index (χ4n) is 2.10. The second-order valence-corrected chi connectivity index (χ2v) is 4.77. The van der Waals surface area contributed by atoms with E-state index in [1.807, 2.05) is 0 Å². The Labute approximate surface area is 126 Å². The van der Waals surface area contributed by atoms with Crippen molar-refractivity contribution in [2.75, 3.05) is 18.7 Å². The smallest absolute Gasteiger partial charge is 0.319 e. The normalized spacial score (nSPS) is 13.7. The highest BCUT2D eigenvalue weighted by Crippen LogP contribution is 2.34. The average Bonchev–Trinajstić information content (AvgIpc) is 3.18. The first kappa shape index (κ1) is 14.3. The van der Waals surface area contributed by atoms with Gasteiger partial charge in [-0.2, -0.15) is 0 Å². The van der Waals surface area contributed by atoms with E-state index >= 15 is 0 Å². The third-order valence-electron chi connectivity index (χ3n) is 3.21. The number of nitrogens with one attached hydrogen (secondary N) is 2. The minimum atomic E-state index is -0.735. The number of carbonyl (C=O) groups excluding carboxylic acids is 1. The number of ether oxygens (including phenoxy) is 2. The quantitative estimate of drug-likeness (QED) is 0.788. The number of fused-ring (bicyclic) bond motifs is 1. The second kappa shape index (κ2) is 6.40. The molecule has 1 aromatic carbocycles. The van der Waals surface area contributed by atoms with Crippen LogP contribution in [0, 0.1) is 0 Å². The molecule has 7 heteroatoms. The van der Waals surface area contributed by atoms with Crippen LogP contribution in [0.4, 0.5) is 10.5 Å². The molecule has 3 rings (SSSR count). The third kappa shape index (κ3) is 3.32. The van der Waals surface area contributed by atoms with Gasteiger partial charge in [0.15, 0.2) is 11.5 Å². The summed E-state index contributed by atoms with van der Waals surface area (Å²) in [5.41, 5.74) is 0.605. The van der Waals surface area contributed by atoms with Crippen molar-refractivity contribution < 1.29 is 23.8 Å². The Balaban J connectivity index is 1.44. The Bertz CT molecular complexity index is 641. The first-order chi connectivity index (χ1) is 10.7. The second-order valence-electron chi connectivity index (χ2n) is 4.77. The van der Waals surface area contributed by atoms with Crippen molar-refractivity contribution in [2.24, 2.45) is 0 Å². The molecule has 1 aromatic heterocycles. The molecule has 116 valence electrons. The average molecular weight is 304 g/mol. The van der Waals surface area contributed by atoms with Crippen LogP contribution in [0.3, 0.4) is 0 Å². The number of urea groups is 1. The van der Waals surface area contributed by atoms with E-state index in [1.54, 1.807) is 30.3 Å². The lowest BCUT2D eigenvalue weighted by Gasteiger charge is -2.10. The van der Waals surface area contributed by atoms with E-state index < -0.39 is 6.10 Å². The van der Waals surface area contributed by atoms with Crippen molar-refractivity contribution >= 4 is 11.7 Å². The van der Waals surface area contributed by atoms with E-state index in [0.717, 1.165) is 0 Å².